The quantitative estimate of drug-likeness (QED) is 0.816. The highest BCUT2D eigenvalue weighted by molar-refractivity contribution is 7.99. The number of hydrogen-bond donors (Lipinski definition) is 1. The zero-order valence-corrected chi connectivity index (χ0v) is 16.4. The molecule has 0 aromatic heterocycles. The number of hydrogen-bond acceptors (Lipinski definition) is 5. The fraction of sp³-hybridized carbons (Fsp3) is 0.600. The van der Waals surface area contributed by atoms with Crippen molar-refractivity contribution in [2.45, 2.75) is 43.9 Å². The lowest BCUT2D eigenvalue weighted by atomic mass is 10.2. The van der Waals surface area contributed by atoms with E-state index in [1.165, 1.54) is 11.0 Å². The number of benzene rings is 1. The Morgan fingerprint density at radius 3 is 2.64 bits per heavy atom. The van der Waals surface area contributed by atoms with Gasteiger partial charge in [-0.1, -0.05) is 0 Å². The zero-order chi connectivity index (χ0) is 19.3. The third-order valence-corrected chi connectivity index (χ3v) is 7.33. The van der Waals surface area contributed by atoms with Crippen LogP contribution in [0.5, 0.6) is 0 Å². The molecule has 3 saturated heterocycles. The van der Waals surface area contributed by atoms with Crippen LogP contribution in [0.25, 0.3) is 0 Å². The predicted molar refractivity (Wildman–Crippen MR) is 106 cm³/mol. The molecule has 0 radical (unpaired) electrons. The van der Waals surface area contributed by atoms with Crippen LogP contribution in [0, 0.1) is 11.7 Å². The maximum absolute atomic E-state index is 15.0. The van der Waals surface area contributed by atoms with E-state index in [4.69, 9.17) is 4.74 Å². The first-order valence-corrected chi connectivity index (χ1v) is 11.2. The third-order valence-electron chi connectivity index (χ3n) is 6.09. The van der Waals surface area contributed by atoms with E-state index in [2.05, 4.69) is 10.2 Å². The molecule has 4 aliphatic rings. The first-order chi connectivity index (χ1) is 13.6. The molecule has 0 spiro atoms. The van der Waals surface area contributed by atoms with Gasteiger partial charge in [0.2, 0.25) is 5.91 Å². The van der Waals surface area contributed by atoms with Gasteiger partial charge < -0.3 is 15.0 Å². The van der Waals surface area contributed by atoms with Crippen molar-refractivity contribution in [3.63, 3.8) is 0 Å². The molecule has 3 heterocycles. The van der Waals surface area contributed by atoms with Crippen LogP contribution in [0.15, 0.2) is 18.2 Å². The van der Waals surface area contributed by atoms with Crippen LogP contribution in [0.1, 0.15) is 25.7 Å². The van der Waals surface area contributed by atoms with Gasteiger partial charge in [-0.2, -0.15) is 11.8 Å². The summed E-state index contributed by atoms with van der Waals surface area (Å²) in [7, 11) is 0. The Hall–Kier alpha value is -1.96. The Kier molecular flexibility index (Phi) is 4.61. The number of thioether (sulfide) groups is 1. The van der Waals surface area contributed by atoms with E-state index < -0.39 is 12.2 Å². The number of amides is 2. The van der Waals surface area contributed by atoms with Crippen molar-refractivity contribution in [2.24, 2.45) is 5.92 Å². The van der Waals surface area contributed by atoms with Crippen molar-refractivity contribution >= 4 is 35.1 Å². The highest BCUT2D eigenvalue weighted by Gasteiger charge is 2.39. The summed E-state index contributed by atoms with van der Waals surface area (Å²) in [4.78, 5) is 27.7. The molecule has 4 fully saturated rings. The predicted octanol–water partition coefficient (Wildman–Crippen LogP) is 2.76. The molecule has 150 valence electrons. The van der Waals surface area contributed by atoms with Gasteiger partial charge in [0.25, 0.3) is 0 Å². The van der Waals surface area contributed by atoms with Gasteiger partial charge in [0, 0.05) is 29.5 Å². The molecule has 6 nitrogen and oxygen atoms in total. The Morgan fingerprint density at radius 1 is 1.21 bits per heavy atom. The summed E-state index contributed by atoms with van der Waals surface area (Å²) in [6.07, 6.45) is 3.20. The number of carbonyl (C=O) groups excluding carboxylic acids is 2. The molecular weight excluding hydrogens is 381 g/mol. The lowest BCUT2D eigenvalue weighted by Gasteiger charge is -2.36. The Bertz CT molecular complexity index is 787. The van der Waals surface area contributed by atoms with Crippen LogP contribution in [0.2, 0.25) is 0 Å². The minimum absolute atomic E-state index is 0.0271. The van der Waals surface area contributed by atoms with Crippen LogP contribution in [-0.4, -0.2) is 54.8 Å². The SMILES string of the molecule is O=C(NCC1CN(c2ccc(N3[C@@H]4CC[C@H]3CSC4)c(F)c2)C(=O)O1)C1CC1. The molecule has 1 aromatic carbocycles. The number of ether oxygens (including phenoxy) is 1. The molecule has 1 saturated carbocycles. The van der Waals surface area contributed by atoms with Crippen molar-refractivity contribution in [1.29, 1.82) is 0 Å². The van der Waals surface area contributed by atoms with E-state index in [1.807, 2.05) is 11.8 Å². The molecule has 1 unspecified atom stereocenters. The molecule has 1 N–H and O–H groups in total. The topological polar surface area (TPSA) is 61.9 Å². The lowest BCUT2D eigenvalue weighted by molar-refractivity contribution is -0.122. The van der Waals surface area contributed by atoms with Crippen LogP contribution >= 0.6 is 11.8 Å². The summed E-state index contributed by atoms with van der Waals surface area (Å²) in [6.45, 7) is 0.612. The number of anilines is 2. The minimum atomic E-state index is -0.493. The fourth-order valence-corrected chi connectivity index (χ4v) is 5.77. The minimum Gasteiger partial charge on any atom is -0.442 e. The fourth-order valence-electron chi connectivity index (χ4n) is 4.44. The second-order valence-corrected chi connectivity index (χ2v) is 9.18. The number of carbonyl (C=O) groups is 2. The molecule has 5 rings (SSSR count). The number of nitrogens with one attached hydrogen (secondary N) is 1. The first-order valence-electron chi connectivity index (χ1n) is 10.0. The monoisotopic (exact) mass is 405 g/mol. The average Bonchev–Trinajstić information content (AvgIpc) is 3.43. The van der Waals surface area contributed by atoms with Crippen molar-refractivity contribution in [3.8, 4) is 0 Å². The lowest BCUT2D eigenvalue weighted by Crippen LogP contribution is -2.43. The number of nitrogens with zero attached hydrogens (tertiary/aromatic N) is 2. The van der Waals surface area contributed by atoms with E-state index in [1.54, 1.807) is 12.1 Å². The molecule has 8 heteroatoms. The molecule has 1 aliphatic carbocycles. The normalized spacial score (nSPS) is 29.2. The van der Waals surface area contributed by atoms with Gasteiger partial charge in [0.1, 0.15) is 11.9 Å². The summed E-state index contributed by atoms with van der Waals surface area (Å²) >= 11 is 1.95. The van der Waals surface area contributed by atoms with Gasteiger partial charge in [-0.15, -0.1) is 0 Å². The summed E-state index contributed by atoms with van der Waals surface area (Å²) in [5, 5.41) is 2.83. The van der Waals surface area contributed by atoms with Gasteiger partial charge in [-0.3, -0.25) is 9.69 Å². The Labute approximate surface area is 167 Å². The highest BCUT2D eigenvalue weighted by Crippen LogP contribution is 2.40. The second-order valence-electron chi connectivity index (χ2n) is 8.10. The van der Waals surface area contributed by atoms with E-state index in [0.29, 0.717) is 36.5 Å². The third kappa shape index (κ3) is 3.32. The van der Waals surface area contributed by atoms with Gasteiger partial charge in [0.15, 0.2) is 0 Å². The van der Waals surface area contributed by atoms with Gasteiger partial charge in [0.05, 0.1) is 24.5 Å². The number of rotatable bonds is 5. The van der Waals surface area contributed by atoms with Gasteiger partial charge >= 0.3 is 6.09 Å². The molecule has 28 heavy (non-hydrogen) atoms. The zero-order valence-electron chi connectivity index (χ0n) is 15.6. The first kappa shape index (κ1) is 18.1. The average molecular weight is 405 g/mol. The number of halogens is 1. The van der Waals surface area contributed by atoms with E-state index >= 15 is 0 Å². The summed E-state index contributed by atoms with van der Waals surface area (Å²) in [5.74, 6) is 1.95. The van der Waals surface area contributed by atoms with Crippen LogP contribution in [0.3, 0.4) is 0 Å². The van der Waals surface area contributed by atoms with Gasteiger partial charge in [-0.25, -0.2) is 9.18 Å². The molecular formula is C20H24FN3O3S. The van der Waals surface area contributed by atoms with Crippen LogP contribution in [0.4, 0.5) is 20.6 Å². The van der Waals surface area contributed by atoms with E-state index in [9.17, 15) is 14.0 Å². The summed E-state index contributed by atoms with van der Waals surface area (Å²) in [5.41, 5.74) is 1.14. The van der Waals surface area contributed by atoms with Crippen molar-refractivity contribution < 1.29 is 18.7 Å². The van der Waals surface area contributed by atoms with E-state index in [0.717, 1.165) is 37.2 Å². The number of cyclic esters (lactones) is 1. The molecule has 2 bridgehead atoms. The van der Waals surface area contributed by atoms with Crippen LogP contribution in [-0.2, 0) is 9.53 Å². The largest absolute Gasteiger partial charge is 0.442 e. The number of fused-ring (bicyclic) bond motifs is 2. The second kappa shape index (κ2) is 7.13. The molecule has 3 atom stereocenters. The van der Waals surface area contributed by atoms with Crippen molar-refractivity contribution in [3.05, 3.63) is 24.0 Å². The molecule has 2 amide bonds. The summed E-state index contributed by atoms with van der Waals surface area (Å²) < 4.78 is 20.3. The maximum Gasteiger partial charge on any atom is 0.414 e. The Balaban J connectivity index is 1.26. The smallest absolute Gasteiger partial charge is 0.414 e. The maximum atomic E-state index is 15.0. The van der Waals surface area contributed by atoms with Crippen LogP contribution < -0.4 is 15.1 Å². The summed E-state index contributed by atoms with van der Waals surface area (Å²) in [6, 6.07) is 5.83. The van der Waals surface area contributed by atoms with Crippen molar-refractivity contribution in [2.75, 3.05) is 34.4 Å². The standard InChI is InChI=1S/C20H24FN3O3S/c21-17-7-13(5-6-18(17)24-14-3-4-15(24)11-28-10-14)23-9-16(27-20(23)26)8-22-19(25)12-1-2-12/h5-7,12,14-16H,1-4,8-11H2,(H,22,25)/t14-,15+,16?. The van der Waals surface area contributed by atoms with E-state index in [-0.39, 0.29) is 17.6 Å². The Morgan fingerprint density at radius 2 is 1.96 bits per heavy atom. The molecule has 3 aliphatic heterocycles. The highest BCUT2D eigenvalue weighted by atomic mass is 32.2. The molecule has 1 aromatic rings. The van der Waals surface area contributed by atoms with Gasteiger partial charge in [-0.05, 0) is 43.9 Å². The van der Waals surface area contributed by atoms with Crippen molar-refractivity contribution in [1.82, 2.24) is 5.32 Å².